The van der Waals surface area contributed by atoms with E-state index in [2.05, 4.69) is 4.72 Å². The number of fused-ring (bicyclic) bond motifs is 3. The molecule has 1 saturated carbocycles. The van der Waals surface area contributed by atoms with Gasteiger partial charge in [0, 0.05) is 23.1 Å². The second-order valence-corrected chi connectivity index (χ2v) is 12.2. The van der Waals surface area contributed by atoms with Crippen molar-refractivity contribution in [1.82, 2.24) is 4.90 Å². The van der Waals surface area contributed by atoms with Crippen LogP contribution in [0.1, 0.15) is 17.5 Å². The largest absolute Gasteiger partial charge is 0.508 e. The highest BCUT2D eigenvalue weighted by Crippen LogP contribution is 2.53. The molecule has 0 saturated heterocycles. The highest BCUT2D eigenvalue weighted by Gasteiger charge is 2.64. The second-order valence-electron chi connectivity index (χ2n) is 10.5. The third-order valence-corrected chi connectivity index (χ3v) is 9.35. The van der Waals surface area contributed by atoms with Crippen molar-refractivity contribution in [2.45, 2.75) is 29.4 Å². The van der Waals surface area contributed by atoms with Crippen LogP contribution >= 0.6 is 0 Å². The normalized spacial score (nSPS) is 26.0. The molecule has 0 aliphatic heterocycles. The van der Waals surface area contributed by atoms with E-state index in [1.807, 2.05) is 0 Å². The number of hydrogen-bond acceptors (Lipinski definition) is 10. The predicted molar refractivity (Wildman–Crippen MR) is 141 cm³/mol. The molecule has 41 heavy (non-hydrogen) atoms. The van der Waals surface area contributed by atoms with Crippen LogP contribution in [-0.2, 0) is 30.8 Å². The fraction of sp³-hybridized carbons (Fsp3) is 0.296. The number of nitrogens with zero attached hydrogens (tertiary/aromatic N) is 1. The van der Waals surface area contributed by atoms with E-state index in [0.29, 0.717) is 0 Å². The zero-order valence-corrected chi connectivity index (χ0v) is 22.6. The number of aliphatic hydroxyl groups is 3. The maximum atomic E-state index is 15.4. The van der Waals surface area contributed by atoms with Gasteiger partial charge in [0.1, 0.15) is 22.9 Å². The quantitative estimate of drug-likeness (QED) is 0.215. The summed E-state index contributed by atoms with van der Waals surface area (Å²) < 4.78 is 43.1. The lowest BCUT2D eigenvalue weighted by molar-refractivity contribution is -0.153. The average molecular weight is 588 g/mol. The molecule has 2 aromatic carbocycles. The van der Waals surface area contributed by atoms with Gasteiger partial charge in [-0.2, -0.15) is 0 Å². The molecule has 0 spiro atoms. The number of likely N-dealkylation sites (N-methyl/N-ethyl adjacent to an activating group) is 1. The van der Waals surface area contributed by atoms with Crippen LogP contribution in [0.4, 0.5) is 10.1 Å². The summed E-state index contributed by atoms with van der Waals surface area (Å²) in [6.07, 6.45) is -0.492. The fourth-order valence-corrected chi connectivity index (χ4v) is 7.23. The number of aromatic hydroxyl groups is 1. The zero-order chi connectivity index (χ0) is 30.2. The number of primary amides is 1. The van der Waals surface area contributed by atoms with Crippen LogP contribution in [0.5, 0.6) is 5.75 Å². The Labute approximate surface area is 233 Å². The summed E-state index contributed by atoms with van der Waals surface area (Å²) in [5.74, 6) is -9.91. The number of rotatable bonds is 5. The summed E-state index contributed by atoms with van der Waals surface area (Å²) >= 11 is 0. The molecule has 2 aromatic rings. The summed E-state index contributed by atoms with van der Waals surface area (Å²) in [6.45, 7) is 0. The van der Waals surface area contributed by atoms with E-state index in [9.17, 15) is 43.2 Å². The molecular formula is C27H26FN3O9S. The van der Waals surface area contributed by atoms with Gasteiger partial charge in [-0.1, -0.05) is 18.2 Å². The standard InChI is InChI=1S/C27H26FN3O9S/c1-31(2)20-14-9-11-8-13-15(28)10-16(30-41(39,40)12-6-4-3-5-7-12)21(32)18(13)22(33)17(11)24(35)27(14,38)25(36)19(23(20)34)26(29)37/h3-7,10-11,14,20,30,32-33,36,38H,8-9H2,1-2H3,(H2,29,37)/t11-,14-,20-,27-/m0/s1. The number of phenolic OH excluding ortho intramolecular Hbond substituents is 1. The third-order valence-electron chi connectivity index (χ3n) is 7.96. The Balaban J connectivity index is 1.67. The van der Waals surface area contributed by atoms with Crippen LogP contribution in [0.2, 0.25) is 0 Å². The molecule has 4 atom stereocenters. The van der Waals surface area contributed by atoms with E-state index in [4.69, 9.17) is 5.73 Å². The Kier molecular flexibility index (Phi) is 6.48. The molecule has 216 valence electrons. The molecule has 12 nitrogen and oxygen atoms in total. The first-order chi connectivity index (χ1) is 19.1. The molecule has 0 unspecified atom stereocenters. The van der Waals surface area contributed by atoms with Crippen molar-refractivity contribution in [2.75, 3.05) is 18.8 Å². The number of nitrogens with one attached hydrogen (secondary N) is 1. The Hall–Kier alpha value is -4.27. The summed E-state index contributed by atoms with van der Waals surface area (Å²) in [5.41, 5.74) is -0.436. The molecule has 7 N–H and O–H groups in total. The summed E-state index contributed by atoms with van der Waals surface area (Å²) in [4.78, 5) is 40.2. The van der Waals surface area contributed by atoms with Crippen LogP contribution in [0, 0.1) is 17.7 Å². The topological polar surface area (TPSA) is 208 Å². The third kappa shape index (κ3) is 4.01. The molecule has 1 amide bonds. The van der Waals surface area contributed by atoms with Crippen molar-refractivity contribution in [1.29, 1.82) is 0 Å². The van der Waals surface area contributed by atoms with E-state index in [0.717, 1.165) is 6.07 Å². The lowest BCUT2D eigenvalue weighted by Gasteiger charge is -2.50. The molecule has 14 heteroatoms. The van der Waals surface area contributed by atoms with Crippen LogP contribution in [0.3, 0.4) is 0 Å². The number of anilines is 1. The minimum atomic E-state index is -4.30. The summed E-state index contributed by atoms with van der Waals surface area (Å²) in [6, 6.07) is 6.50. The Morgan fingerprint density at radius 3 is 2.37 bits per heavy atom. The summed E-state index contributed by atoms with van der Waals surface area (Å²) in [7, 11) is -1.38. The van der Waals surface area contributed by atoms with Gasteiger partial charge in [0.25, 0.3) is 15.9 Å². The van der Waals surface area contributed by atoms with E-state index in [-0.39, 0.29) is 23.3 Å². The number of Topliss-reactive ketones (excluding diaryl/α,β-unsaturated/α-hetero) is 2. The number of ketones is 2. The Morgan fingerprint density at radius 2 is 1.78 bits per heavy atom. The molecule has 3 aliphatic rings. The number of halogens is 1. The first kappa shape index (κ1) is 28.3. The number of carbonyl (C=O) groups is 3. The van der Waals surface area contributed by atoms with Crippen molar-refractivity contribution in [3.63, 3.8) is 0 Å². The van der Waals surface area contributed by atoms with Gasteiger partial charge in [0.2, 0.25) is 5.78 Å². The van der Waals surface area contributed by atoms with E-state index >= 15 is 4.39 Å². The van der Waals surface area contributed by atoms with Crippen molar-refractivity contribution < 1.29 is 47.6 Å². The van der Waals surface area contributed by atoms with Gasteiger partial charge in [-0.15, -0.1) is 0 Å². The van der Waals surface area contributed by atoms with Gasteiger partial charge < -0.3 is 26.2 Å². The van der Waals surface area contributed by atoms with Gasteiger partial charge in [-0.25, -0.2) is 12.8 Å². The Morgan fingerprint density at radius 1 is 1.15 bits per heavy atom. The predicted octanol–water partition coefficient (Wildman–Crippen LogP) is 0.904. The van der Waals surface area contributed by atoms with Crippen molar-refractivity contribution in [2.24, 2.45) is 17.6 Å². The maximum absolute atomic E-state index is 15.4. The number of amides is 1. The van der Waals surface area contributed by atoms with Gasteiger partial charge >= 0.3 is 0 Å². The fourth-order valence-electron chi connectivity index (χ4n) is 6.15. The monoisotopic (exact) mass is 587 g/mol. The smallest absolute Gasteiger partial charge is 0.262 e. The summed E-state index contributed by atoms with van der Waals surface area (Å²) in [5, 5.41) is 44.7. The number of sulfonamides is 1. The first-order valence-electron chi connectivity index (χ1n) is 12.4. The van der Waals surface area contributed by atoms with Gasteiger partial charge in [0.05, 0.1) is 22.2 Å². The maximum Gasteiger partial charge on any atom is 0.262 e. The van der Waals surface area contributed by atoms with Gasteiger partial charge in [0.15, 0.2) is 17.1 Å². The highest BCUT2D eigenvalue weighted by molar-refractivity contribution is 7.92. The van der Waals surface area contributed by atoms with Crippen LogP contribution in [0.25, 0.3) is 5.76 Å². The van der Waals surface area contributed by atoms with E-state index in [1.165, 1.54) is 43.3 Å². The number of benzene rings is 2. The molecular weight excluding hydrogens is 561 g/mol. The molecule has 3 aliphatic carbocycles. The lowest BCUT2D eigenvalue weighted by atomic mass is 9.57. The van der Waals surface area contributed by atoms with E-state index in [1.54, 1.807) is 6.07 Å². The second kappa shape index (κ2) is 9.39. The number of aliphatic hydroxyl groups excluding tert-OH is 2. The first-order valence-corrected chi connectivity index (χ1v) is 13.9. The zero-order valence-electron chi connectivity index (χ0n) is 21.8. The molecule has 0 radical (unpaired) electrons. The number of carbonyl (C=O) groups excluding carboxylic acids is 3. The Bertz CT molecular complexity index is 1700. The van der Waals surface area contributed by atoms with Crippen molar-refractivity contribution >= 4 is 38.9 Å². The number of phenols is 1. The SMILES string of the molecule is CN(C)[C@@H]1C(=O)C(C(N)=O)=C(O)[C@@]2(O)C(=O)C3=C(O)c4c(O)c(NS(=O)(=O)c5ccccc5)cc(F)c4C[C@H]3C[C@@H]12. The van der Waals surface area contributed by atoms with Crippen molar-refractivity contribution in [3.8, 4) is 5.75 Å². The lowest BCUT2D eigenvalue weighted by Crippen LogP contribution is -2.65. The molecule has 5 rings (SSSR count). The number of hydrogen-bond donors (Lipinski definition) is 6. The van der Waals surface area contributed by atoms with Gasteiger partial charge in [-0.3, -0.25) is 24.0 Å². The van der Waals surface area contributed by atoms with Crippen LogP contribution in [0.15, 0.2) is 58.2 Å². The van der Waals surface area contributed by atoms with Gasteiger partial charge in [-0.05, 0) is 45.0 Å². The molecule has 1 fully saturated rings. The minimum Gasteiger partial charge on any atom is -0.508 e. The van der Waals surface area contributed by atoms with Crippen LogP contribution < -0.4 is 10.5 Å². The molecule has 0 heterocycles. The van der Waals surface area contributed by atoms with Crippen molar-refractivity contribution in [3.05, 3.63) is 70.2 Å². The van der Waals surface area contributed by atoms with Crippen LogP contribution in [-0.4, -0.2) is 77.0 Å². The molecule has 0 bridgehead atoms. The number of nitrogens with two attached hydrogens (primary N) is 1. The highest BCUT2D eigenvalue weighted by atomic mass is 32.2. The van der Waals surface area contributed by atoms with E-state index < -0.39 is 96.5 Å². The average Bonchev–Trinajstić information content (AvgIpc) is 2.89. The minimum absolute atomic E-state index is 0.189. The molecule has 0 aromatic heterocycles.